The summed E-state index contributed by atoms with van der Waals surface area (Å²) in [7, 11) is -3.49. The molecule has 0 spiro atoms. The molecule has 2 rings (SSSR count). The van der Waals surface area contributed by atoms with Crippen LogP contribution < -0.4 is 5.32 Å². The van der Waals surface area contributed by atoms with Crippen molar-refractivity contribution in [1.29, 1.82) is 0 Å². The van der Waals surface area contributed by atoms with Gasteiger partial charge < -0.3 is 15.5 Å². The van der Waals surface area contributed by atoms with E-state index in [1.54, 1.807) is 0 Å². The van der Waals surface area contributed by atoms with E-state index < -0.39 is 27.0 Å². The molecule has 8 heteroatoms. The lowest BCUT2D eigenvalue weighted by Gasteiger charge is -2.21. The second kappa shape index (κ2) is 5.72. The first-order valence-corrected chi connectivity index (χ1v) is 8.11. The maximum absolute atomic E-state index is 12.1. The highest BCUT2D eigenvalue weighted by atomic mass is 32.2. The lowest BCUT2D eigenvalue weighted by Crippen LogP contribution is -2.39. The van der Waals surface area contributed by atoms with Crippen molar-refractivity contribution in [2.24, 2.45) is 0 Å². The van der Waals surface area contributed by atoms with Gasteiger partial charge in [-0.2, -0.15) is 0 Å². The van der Waals surface area contributed by atoms with Gasteiger partial charge in [-0.15, -0.1) is 0 Å². The van der Waals surface area contributed by atoms with Crippen LogP contribution in [-0.4, -0.2) is 41.5 Å². The van der Waals surface area contributed by atoms with Gasteiger partial charge >= 0.3 is 5.97 Å². The van der Waals surface area contributed by atoms with Gasteiger partial charge in [-0.25, -0.2) is 13.2 Å². The number of carbonyl (C=O) groups is 2. The van der Waals surface area contributed by atoms with Crippen LogP contribution in [0.3, 0.4) is 0 Å². The van der Waals surface area contributed by atoms with Crippen LogP contribution in [0.1, 0.15) is 29.6 Å². The Balaban J connectivity index is 2.23. The highest BCUT2D eigenvalue weighted by Gasteiger charge is 2.35. The first-order chi connectivity index (χ1) is 9.81. The number of carbonyl (C=O) groups excluding carboxylic acids is 1. The van der Waals surface area contributed by atoms with Crippen LogP contribution in [0.4, 0.5) is 5.69 Å². The Hall–Kier alpha value is -2.09. The van der Waals surface area contributed by atoms with E-state index in [9.17, 15) is 23.1 Å². The number of phenolic OH excluding ortho intramolecular Hbond substituents is 1. The minimum atomic E-state index is -3.49. The molecule has 1 saturated heterocycles. The van der Waals surface area contributed by atoms with Gasteiger partial charge in [0.15, 0.2) is 9.84 Å². The van der Waals surface area contributed by atoms with Crippen LogP contribution in [0, 0.1) is 0 Å². The summed E-state index contributed by atoms with van der Waals surface area (Å²) in [5.74, 6) is -2.31. The fourth-order valence-corrected chi connectivity index (χ4v) is 4.03. The molecule has 1 aromatic carbocycles. The molecule has 0 aromatic heterocycles. The van der Waals surface area contributed by atoms with E-state index in [4.69, 9.17) is 5.11 Å². The number of aromatic carboxylic acids is 1. The number of nitrogens with one attached hydrogen (secondary N) is 1. The molecule has 1 aliphatic rings. The average Bonchev–Trinajstić information content (AvgIpc) is 2.40. The Morgan fingerprint density at radius 2 is 1.95 bits per heavy atom. The molecular weight excluding hydrogens is 298 g/mol. The predicted molar refractivity (Wildman–Crippen MR) is 75.1 cm³/mol. The summed E-state index contributed by atoms with van der Waals surface area (Å²) in [6.45, 7) is 0. The van der Waals surface area contributed by atoms with Crippen LogP contribution >= 0.6 is 0 Å². The number of anilines is 1. The van der Waals surface area contributed by atoms with Gasteiger partial charge in [0.2, 0.25) is 5.91 Å². The molecule has 21 heavy (non-hydrogen) atoms. The van der Waals surface area contributed by atoms with Gasteiger partial charge in [0.05, 0.1) is 17.0 Å². The third kappa shape index (κ3) is 3.33. The smallest absolute Gasteiger partial charge is 0.335 e. The number of rotatable bonds is 3. The summed E-state index contributed by atoms with van der Waals surface area (Å²) >= 11 is 0. The van der Waals surface area contributed by atoms with E-state index in [2.05, 4.69) is 5.32 Å². The number of sulfone groups is 1. The van der Waals surface area contributed by atoms with Crippen LogP contribution in [0.2, 0.25) is 0 Å². The molecule has 1 fully saturated rings. The van der Waals surface area contributed by atoms with Crippen molar-refractivity contribution in [2.45, 2.75) is 24.5 Å². The Kier molecular flexibility index (Phi) is 4.17. The second-order valence-corrected chi connectivity index (χ2v) is 7.18. The Bertz CT molecular complexity index is 682. The summed E-state index contributed by atoms with van der Waals surface area (Å²) in [4.78, 5) is 22.9. The quantitative estimate of drug-likeness (QED) is 0.716. The maximum atomic E-state index is 12.1. The molecule has 0 aliphatic carbocycles. The fraction of sp³-hybridized carbons (Fsp3) is 0.385. The first-order valence-electron chi connectivity index (χ1n) is 6.40. The van der Waals surface area contributed by atoms with Crippen molar-refractivity contribution in [1.82, 2.24) is 0 Å². The normalized spacial score (nSPS) is 20.7. The molecule has 0 saturated carbocycles. The summed E-state index contributed by atoms with van der Waals surface area (Å²) in [6, 6.07) is 3.41. The molecule has 7 nitrogen and oxygen atoms in total. The van der Waals surface area contributed by atoms with Gasteiger partial charge in [-0.1, -0.05) is 6.42 Å². The molecule has 1 aliphatic heterocycles. The average molecular weight is 313 g/mol. The van der Waals surface area contributed by atoms with E-state index in [1.165, 1.54) is 6.07 Å². The van der Waals surface area contributed by atoms with Crippen molar-refractivity contribution < 1.29 is 28.2 Å². The number of phenols is 1. The van der Waals surface area contributed by atoms with Crippen molar-refractivity contribution in [3.63, 3.8) is 0 Å². The minimum absolute atomic E-state index is 0.0355. The van der Waals surface area contributed by atoms with E-state index in [0.717, 1.165) is 12.1 Å². The molecule has 3 N–H and O–H groups in total. The summed E-state index contributed by atoms with van der Waals surface area (Å²) < 4.78 is 23.7. The molecule has 114 valence electrons. The SMILES string of the molecule is O=C(O)c1ccc(O)c(NC(=O)C2CCCCS2(=O)=O)c1. The molecule has 0 radical (unpaired) electrons. The highest BCUT2D eigenvalue weighted by Crippen LogP contribution is 2.26. The topological polar surface area (TPSA) is 121 Å². The third-order valence-corrected chi connectivity index (χ3v) is 5.55. The van der Waals surface area contributed by atoms with E-state index in [0.29, 0.717) is 12.8 Å². The third-order valence-electron chi connectivity index (χ3n) is 3.37. The van der Waals surface area contributed by atoms with Crippen LogP contribution in [-0.2, 0) is 14.6 Å². The Morgan fingerprint density at radius 1 is 1.24 bits per heavy atom. The number of carboxylic acid groups (broad SMARTS) is 1. The van der Waals surface area contributed by atoms with E-state index >= 15 is 0 Å². The maximum Gasteiger partial charge on any atom is 0.335 e. The molecule has 1 aromatic rings. The van der Waals surface area contributed by atoms with E-state index in [-0.39, 0.29) is 29.2 Å². The molecule has 1 heterocycles. The zero-order valence-electron chi connectivity index (χ0n) is 11.1. The van der Waals surface area contributed by atoms with Gasteiger partial charge in [0.25, 0.3) is 0 Å². The number of benzene rings is 1. The summed E-state index contributed by atoms with van der Waals surface area (Å²) in [5.41, 5.74) is -0.227. The number of amides is 1. The summed E-state index contributed by atoms with van der Waals surface area (Å²) in [5, 5.41) is 19.7. The predicted octanol–water partition coefficient (Wildman–Crippen LogP) is 0.996. The molecule has 0 bridgehead atoms. The number of aromatic hydroxyl groups is 1. The second-order valence-electron chi connectivity index (χ2n) is 4.88. The molecular formula is C13H15NO6S. The van der Waals surface area contributed by atoms with Crippen LogP contribution in [0.5, 0.6) is 5.75 Å². The van der Waals surface area contributed by atoms with Gasteiger partial charge in [0.1, 0.15) is 11.0 Å². The van der Waals surface area contributed by atoms with Crippen molar-refractivity contribution in [3.05, 3.63) is 23.8 Å². The fourth-order valence-electron chi connectivity index (χ4n) is 2.23. The zero-order valence-corrected chi connectivity index (χ0v) is 11.9. The number of hydrogen-bond acceptors (Lipinski definition) is 5. The van der Waals surface area contributed by atoms with Crippen molar-refractivity contribution in [3.8, 4) is 5.75 Å². The Morgan fingerprint density at radius 3 is 2.57 bits per heavy atom. The minimum Gasteiger partial charge on any atom is -0.506 e. The standard InChI is InChI=1S/C13H15NO6S/c15-10-5-4-8(13(17)18)7-9(10)14-12(16)11-3-1-2-6-21(11,19)20/h4-5,7,11,15H,1-3,6H2,(H,14,16)(H,17,18). The van der Waals surface area contributed by atoms with Gasteiger partial charge in [0, 0.05) is 0 Å². The molecule has 1 atom stereocenters. The zero-order chi connectivity index (χ0) is 15.6. The molecule has 1 amide bonds. The largest absolute Gasteiger partial charge is 0.506 e. The van der Waals surface area contributed by atoms with Crippen molar-refractivity contribution in [2.75, 3.05) is 11.1 Å². The first kappa shape index (κ1) is 15.3. The van der Waals surface area contributed by atoms with Crippen molar-refractivity contribution >= 4 is 27.4 Å². The highest BCUT2D eigenvalue weighted by molar-refractivity contribution is 7.92. The van der Waals surface area contributed by atoms with E-state index in [1.807, 2.05) is 0 Å². The number of hydrogen-bond donors (Lipinski definition) is 3. The molecule has 1 unspecified atom stereocenters. The van der Waals surface area contributed by atoms with Gasteiger partial charge in [-0.05, 0) is 31.0 Å². The Labute approximate surface area is 121 Å². The number of carboxylic acids is 1. The van der Waals surface area contributed by atoms with Gasteiger partial charge in [-0.3, -0.25) is 4.79 Å². The van der Waals surface area contributed by atoms with Crippen LogP contribution in [0.25, 0.3) is 0 Å². The van der Waals surface area contributed by atoms with Crippen LogP contribution in [0.15, 0.2) is 18.2 Å². The summed E-state index contributed by atoms with van der Waals surface area (Å²) in [6.07, 6.45) is 1.40. The lowest BCUT2D eigenvalue weighted by atomic mass is 10.1. The monoisotopic (exact) mass is 313 g/mol. The lowest BCUT2D eigenvalue weighted by molar-refractivity contribution is -0.116.